The van der Waals surface area contributed by atoms with Crippen molar-refractivity contribution in [2.24, 2.45) is 11.8 Å². The van der Waals surface area contributed by atoms with Gasteiger partial charge in [0.25, 0.3) is 0 Å². The third-order valence-electron chi connectivity index (χ3n) is 6.09. The second-order valence-corrected chi connectivity index (χ2v) is 11.5. The minimum absolute atomic E-state index is 0.129. The second kappa shape index (κ2) is 13.0. The summed E-state index contributed by atoms with van der Waals surface area (Å²) in [5, 5.41) is 21.7. The molecule has 6 heteroatoms. The summed E-state index contributed by atoms with van der Waals surface area (Å²) in [5.74, 6) is 0.460. The van der Waals surface area contributed by atoms with Crippen LogP contribution in [0.5, 0.6) is 11.5 Å². The van der Waals surface area contributed by atoms with Crippen molar-refractivity contribution in [1.82, 2.24) is 0 Å². The maximum Gasteiger partial charge on any atom is 0.305 e. The molecule has 1 aromatic carbocycles. The summed E-state index contributed by atoms with van der Waals surface area (Å²) < 4.78 is 10.5. The van der Waals surface area contributed by atoms with Gasteiger partial charge in [-0.15, -0.1) is 0 Å². The lowest BCUT2D eigenvalue weighted by atomic mass is 9.75. The van der Waals surface area contributed by atoms with Gasteiger partial charge in [0, 0.05) is 24.0 Å². The highest BCUT2D eigenvalue weighted by Crippen LogP contribution is 2.43. The Morgan fingerprint density at radius 3 is 1.35 bits per heavy atom. The number of rotatable bonds is 14. The summed E-state index contributed by atoms with van der Waals surface area (Å²) in [4.78, 5) is 23.8. The van der Waals surface area contributed by atoms with Crippen LogP contribution in [0.15, 0.2) is 12.1 Å². The first kappa shape index (κ1) is 29.8. The summed E-state index contributed by atoms with van der Waals surface area (Å²) in [6, 6.07) is 3.28. The third kappa shape index (κ3) is 9.94. The Hall–Kier alpha value is -2.24. The molecule has 0 aromatic heterocycles. The van der Waals surface area contributed by atoms with Gasteiger partial charge in [-0.2, -0.15) is 0 Å². The normalized spacial score (nSPS) is 12.3. The molecule has 0 saturated heterocycles. The number of hydrogen-bond donors (Lipinski definition) is 2. The lowest BCUT2D eigenvalue weighted by Gasteiger charge is -2.30. The van der Waals surface area contributed by atoms with Crippen molar-refractivity contribution in [3.63, 3.8) is 0 Å². The molecule has 0 atom stereocenters. The Morgan fingerprint density at radius 2 is 1.06 bits per heavy atom. The van der Waals surface area contributed by atoms with Crippen molar-refractivity contribution in [3.8, 4) is 11.5 Å². The van der Waals surface area contributed by atoms with Crippen LogP contribution in [0.25, 0.3) is 0 Å². The Morgan fingerprint density at radius 1 is 0.735 bits per heavy atom. The van der Waals surface area contributed by atoms with Crippen molar-refractivity contribution in [2.45, 2.75) is 105 Å². The van der Waals surface area contributed by atoms with Gasteiger partial charge in [-0.05, 0) is 60.5 Å². The molecular weight excluding hydrogens is 432 g/mol. The van der Waals surface area contributed by atoms with E-state index in [1.54, 1.807) is 12.1 Å². The summed E-state index contributed by atoms with van der Waals surface area (Å²) >= 11 is 0. The van der Waals surface area contributed by atoms with E-state index in [0.717, 1.165) is 0 Å². The molecule has 0 radical (unpaired) electrons. The molecule has 1 aromatic rings. The molecule has 6 nitrogen and oxygen atoms in total. The van der Waals surface area contributed by atoms with Crippen molar-refractivity contribution >= 4 is 11.9 Å². The Kier molecular flexibility index (Phi) is 11.4. The van der Waals surface area contributed by atoms with Crippen LogP contribution in [0, 0.1) is 11.8 Å². The van der Waals surface area contributed by atoms with E-state index in [9.17, 15) is 19.8 Å². The van der Waals surface area contributed by atoms with Gasteiger partial charge in [0.05, 0.1) is 13.2 Å². The molecular formula is C28H46O6. The van der Waals surface area contributed by atoms with Crippen molar-refractivity contribution < 1.29 is 29.3 Å². The van der Waals surface area contributed by atoms with E-state index in [1.807, 2.05) is 55.4 Å². The summed E-state index contributed by atoms with van der Waals surface area (Å²) in [7, 11) is 0. The van der Waals surface area contributed by atoms with Gasteiger partial charge in [0.1, 0.15) is 11.5 Å². The van der Waals surface area contributed by atoms with E-state index < -0.39 is 10.8 Å². The standard InChI is InChI=1S/C28H46O6/c1-19(2)17-33-25(31)11-9-13-27(5,6)21-15-24(30)22(16-23(21)29)28(7,8)14-10-12-26(32)34-18-20(3)4/h15-16,19-20,29-30H,9-14,17-18H2,1-8H3. The average Bonchev–Trinajstić information content (AvgIpc) is 2.71. The highest BCUT2D eigenvalue weighted by molar-refractivity contribution is 5.69. The molecule has 0 amide bonds. The fourth-order valence-corrected chi connectivity index (χ4v) is 3.94. The van der Waals surface area contributed by atoms with E-state index >= 15 is 0 Å². The van der Waals surface area contributed by atoms with Gasteiger partial charge in [0.15, 0.2) is 0 Å². The molecule has 0 aliphatic carbocycles. The van der Waals surface area contributed by atoms with Crippen LogP contribution in [0.3, 0.4) is 0 Å². The number of ether oxygens (including phenoxy) is 2. The summed E-state index contributed by atoms with van der Waals surface area (Å²) in [6.07, 6.45) is 3.24. The first-order valence-electron chi connectivity index (χ1n) is 12.5. The maximum absolute atomic E-state index is 11.9. The molecule has 0 aliphatic heterocycles. The molecule has 0 unspecified atom stereocenters. The van der Waals surface area contributed by atoms with Gasteiger partial charge in [-0.1, -0.05) is 55.4 Å². The van der Waals surface area contributed by atoms with Crippen LogP contribution in [-0.2, 0) is 29.9 Å². The average molecular weight is 479 g/mol. The minimum atomic E-state index is -0.428. The number of aromatic hydroxyl groups is 2. The summed E-state index contributed by atoms with van der Waals surface area (Å²) in [5.41, 5.74) is 0.445. The molecule has 0 aliphatic rings. The fourth-order valence-electron chi connectivity index (χ4n) is 3.94. The second-order valence-electron chi connectivity index (χ2n) is 11.5. The lowest BCUT2D eigenvalue weighted by Crippen LogP contribution is -2.21. The molecule has 34 heavy (non-hydrogen) atoms. The van der Waals surface area contributed by atoms with E-state index in [2.05, 4.69) is 0 Å². The van der Waals surface area contributed by atoms with Crippen molar-refractivity contribution in [1.29, 1.82) is 0 Å². The van der Waals surface area contributed by atoms with Gasteiger partial charge in [-0.3, -0.25) is 9.59 Å². The highest BCUT2D eigenvalue weighted by atomic mass is 16.5. The number of carbonyl (C=O) groups is 2. The minimum Gasteiger partial charge on any atom is -0.508 e. The predicted octanol–water partition coefficient (Wildman–Crippen LogP) is 6.39. The van der Waals surface area contributed by atoms with Crippen LogP contribution in [-0.4, -0.2) is 35.4 Å². The topological polar surface area (TPSA) is 93.1 Å². The summed E-state index contributed by atoms with van der Waals surface area (Å²) in [6.45, 7) is 16.8. The molecule has 0 fully saturated rings. The van der Waals surface area contributed by atoms with E-state index in [-0.39, 0.29) is 23.4 Å². The monoisotopic (exact) mass is 478 g/mol. The number of phenols is 2. The van der Waals surface area contributed by atoms with Crippen LogP contribution in [0.1, 0.15) is 105 Å². The van der Waals surface area contributed by atoms with Crippen LogP contribution in [0.4, 0.5) is 0 Å². The first-order valence-corrected chi connectivity index (χ1v) is 12.5. The van der Waals surface area contributed by atoms with Crippen LogP contribution in [0.2, 0.25) is 0 Å². The van der Waals surface area contributed by atoms with Gasteiger partial charge >= 0.3 is 11.9 Å². The predicted molar refractivity (Wildman–Crippen MR) is 135 cm³/mol. The van der Waals surface area contributed by atoms with Crippen LogP contribution >= 0.6 is 0 Å². The molecule has 2 N–H and O–H groups in total. The molecule has 0 saturated carbocycles. The number of hydrogen-bond acceptors (Lipinski definition) is 6. The zero-order valence-corrected chi connectivity index (χ0v) is 22.5. The zero-order chi connectivity index (χ0) is 26.1. The smallest absolute Gasteiger partial charge is 0.305 e. The molecule has 0 spiro atoms. The van der Waals surface area contributed by atoms with E-state index in [4.69, 9.17) is 9.47 Å². The van der Waals surface area contributed by atoms with Gasteiger partial charge < -0.3 is 19.7 Å². The fraction of sp³-hybridized carbons (Fsp3) is 0.714. The number of carbonyl (C=O) groups excluding carboxylic acids is 2. The van der Waals surface area contributed by atoms with E-state index in [1.165, 1.54) is 0 Å². The maximum atomic E-state index is 11.9. The number of benzene rings is 1. The zero-order valence-electron chi connectivity index (χ0n) is 22.5. The number of esters is 2. The Bertz CT molecular complexity index is 740. The number of phenolic OH excluding ortho intramolecular Hbond substituents is 2. The first-order chi connectivity index (χ1) is 15.7. The molecule has 0 heterocycles. The van der Waals surface area contributed by atoms with Crippen molar-refractivity contribution in [2.75, 3.05) is 13.2 Å². The van der Waals surface area contributed by atoms with Crippen LogP contribution < -0.4 is 0 Å². The van der Waals surface area contributed by atoms with Gasteiger partial charge in [-0.25, -0.2) is 0 Å². The quantitative estimate of drug-likeness (QED) is 0.238. The van der Waals surface area contributed by atoms with Gasteiger partial charge in [0.2, 0.25) is 0 Å². The highest BCUT2D eigenvalue weighted by Gasteiger charge is 2.30. The largest absolute Gasteiger partial charge is 0.508 e. The molecule has 194 valence electrons. The Labute approximate surface area is 206 Å². The SMILES string of the molecule is CC(C)COC(=O)CCCC(C)(C)c1cc(O)c(C(C)(C)CCCC(=O)OCC(C)C)cc1O. The van der Waals surface area contributed by atoms with Crippen molar-refractivity contribution in [3.05, 3.63) is 23.3 Å². The molecule has 1 rings (SSSR count). The molecule has 0 bridgehead atoms. The third-order valence-corrected chi connectivity index (χ3v) is 6.09. The lowest BCUT2D eigenvalue weighted by molar-refractivity contribution is -0.145. The van der Waals surface area contributed by atoms with E-state index in [0.29, 0.717) is 74.7 Å². The Balaban J connectivity index is 2.78.